The summed E-state index contributed by atoms with van der Waals surface area (Å²) in [6.07, 6.45) is 5.79. The number of nitrogens with zero attached hydrogens (tertiary/aromatic N) is 1. The van der Waals surface area contributed by atoms with Crippen LogP contribution in [0.15, 0.2) is 24.3 Å². The molecule has 2 rings (SSSR count). The molecule has 0 saturated heterocycles. The van der Waals surface area contributed by atoms with Gasteiger partial charge in [0.05, 0.1) is 12.7 Å². The molecule has 1 fully saturated rings. The Kier molecular flexibility index (Phi) is 5.86. The molecule has 20 heavy (non-hydrogen) atoms. The summed E-state index contributed by atoms with van der Waals surface area (Å²) >= 11 is 0. The molecule has 0 bridgehead atoms. The predicted molar refractivity (Wildman–Crippen MR) is 82.1 cm³/mol. The van der Waals surface area contributed by atoms with Crippen LogP contribution in [0.2, 0.25) is 0 Å². The van der Waals surface area contributed by atoms with E-state index in [9.17, 15) is 5.11 Å². The lowest BCUT2D eigenvalue weighted by Gasteiger charge is -2.26. The van der Waals surface area contributed by atoms with Crippen LogP contribution in [0.4, 0.5) is 0 Å². The van der Waals surface area contributed by atoms with Gasteiger partial charge in [-0.2, -0.15) is 0 Å². The second kappa shape index (κ2) is 7.65. The van der Waals surface area contributed by atoms with Gasteiger partial charge >= 0.3 is 0 Å². The highest BCUT2D eigenvalue weighted by Gasteiger charge is 2.21. The first kappa shape index (κ1) is 15.3. The Labute approximate surface area is 122 Å². The van der Waals surface area contributed by atoms with Gasteiger partial charge in [0.25, 0.3) is 0 Å². The molecule has 1 aliphatic carbocycles. The van der Waals surface area contributed by atoms with E-state index in [0.717, 1.165) is 24.3 Å². The third-order valence-electron chi connectivity index (χ3n) is 4.15. The standard InChI is InChI=1S/C17H27NO2/c1-3-12-20-16-10-8-14(9-11-16)17(19)13-18(2)15-6-4-5-7-15/h8-11,15,17,19H,3-7,12-13H2,1-2H3. The van der Waals surface area contributed by atoms with E-state index in [1.54, 1.807) is 0 Å². The summed E-state index contributed by atoms with van der Waals surface area (Å²) in [4.78, 5) is 2.30. The summed E-state index contributed by atoms with van der Waals surface area (Å²) < 4.78 is 5.56. The van der Waals surface area contributed by atoms with Crippen molar-refractivity contribution in [3.8, 4) is 5.75 Å². The van der Waals surface area contributed by atoms with Gasteiger partial charge in [-0.1, -0.05) is 31.9 Å². The minimum atomic E-state index is -0.416. The van der Waals surface area contributed by atoms with Gasteiger partial charge in [0.1, 0.15) is 5.75 Å². The number of likely N-dealkylation sites (N-methyl/N-ethyl adjacent to an activating group) is 1. The molecule has 0 radical (unpaired) electrons. The Morgan fingerprint density at radius 2 is 1.90 bits per heavy atom. The SMILES string of the molecule is CCCOc1ccc(C(O)CN(C)C2CCCC2)cc1. The van der Waals surface area contributed by atoms with Crippen LogP contribution < -0.4 is 4.74 Å². The Morgan fingerprint density at radius 1 is 1.25 bits per heavy atom. The molecule has 0 aliphatic heterocycles. The third kappa shape index (κ3) is 4.22. The molecule has 3 nitrogen and oxygen atoms in total. The van der Waals surface area contributed by atoms with Crippen LogP contribution in [0, 0.1) is 0 Å². The quantitative estimate of drug-likeness (QED) is 0.829. The zero-order chi connectivity index (χ0) is 14.4. The van der Waals surface area contributed by atoms with Gasteiger partial charge in [-0.15, -0.1) is 0 Å². The van der Waals surface area contributed by atoms with Crippen molar-refractivity contribution in [1.29, 1.82) is 0 Å². The van der Waals surface area contributed by atoms with E-state index in [1.165, 1.54) is 25.7 Å². The Bertz CT molecular complexity index is 384. The van der Waals surface area contributed by atoms with E-state index >= 15 is 0 Å². The van der Waals surface area contributed by atoms with E-state index < -0.39 is 6.10 Å². The second-order valence-electron chi connectivity index (χ2n) is 5.81. The van der Waals surface area contributed by atoms with Gasteiger partial charge in [-0.05, 0) is 44.0 Å². The molecule has 1 aliphatic rings. The number of ether oxygens (including phenoxy) is 1. The molecule has 1 saturated carbocycles. The molecule has 1 unspecified atom stereocenters. The Morgan fingerprint density at radius 3 is 2.50 bits per heavy atom. The fourth-order valence-corrected chi connectivity index (χ4v) is 2.88. The van der Waals surface area contributed by atoms with Crippen molar-refractivity contribution in [3.63, 3.8) is 0 Å². The number of rotatable bonds is 7. The molecule has 3 heteroatoms. The lowest BCUT2D eigenvalue weighted by Crippen LogP contribution is -2.33. The Balaban J connectivity index is 1.86. The van der Waals surface area contributed by atoms with Crippen molar-refractivity contribution in [1.82, 2.24) is 4.90 Å². The molecule has 1 aromatic carbocycles. The van der Waals surface area contributed by atoms with Gasteiger partial charge in [0.2, 0.25) is 0 Å². The van der Waals surface area contributed by atoms with Gasteiger partial charge in [-0.25, -0.2) is 0 Å². The summed E-state index contributed by atoms with van der Waals surface area (Å²) in [5.74, 6) is 0.881. The lowest BCUT2D eigenvalue weighted by molar-refractivity contribution is 0.105. The largest absolute Gasteiger partial charge is 0.494 e. The van der Waals surface area contributed by atoms with Crippen molar-refractivity contribution in [2.75, 3.05) is 20.2 Å². The van der Waals surface area contributed by atoms with Crippen LogP contribution in [0.5, 0.6) is 5.75 Å². The predicted octanol–water partition coefficient (Wildman–Crippen LogP) is 3.38. The molecule has 1 aromatic rings. The minimum Gasteiger partial charge on any atom is -0.494 e. The van der Waals surface area contributed by atoms with Gasteiger partial charge in [0.15, 0.2) is 0 Å². The summed E-state index contributed by atoms with van der Waals surface area (Å²) in [6.45, 7) is 3.54. The molecule has 0 heterocycles. The van der Waals surface area contributed by atoms with Gasteiger partial charge in [0, 0.05) is 12.6 Å². The van der Waals surface area contributed by atoms with Crippen LogP contribution >= 0.6 is 0 Å². The maximum absolute atomic E-state index is 10.3. The third-order valence-corrected chi connectivity index (χ3v) is 4.15. The van der Waals surface area contributed by atoms with Gasteiger partial charge < -0.3 is 14.7 Å². The highest BCUT2D eigenvalue weighted by molar-refractivity contribution is 5.28. The van der Waals surface area contributed by atoms with Crippen LogP contribution in [-0.2, 0) is 0 Å². The van der Waals surface area contributed by atoms with Crippen LogP contribution in [0.1, 0.15) is 50.7 Å². The van der Waals surface area contributed by atoms with E-state index in [-0.39, 0.29) is 0 Å². The van der Waals surface area contributed by atoms with Crippen molar-refractivity contribution < 1.29 is 9.84 Å². The lowest BCUT2D eigenvalue weighted by atomic mass is 10.1. The first-order valence-electron chi connectivity index (χ1n) is 7.81. The van der Waals surface area contributed by atoms with Crippen molar-refractivity contribution in [2.24, 2.45) is 0 Å². The van der Waals surface area contributed by atoms with Crippen molar-refractivity contribution in [2.45, 2.75) is 51.2 Å². The first-order chi connectivity index (χ1) is 9.70. The number of benzene rings is 1. The highest BCUT2D eigenvalue weighted by atomic mass is 16.5. The molecular formula is C17H27NO2. The van der Waals surface area contributed by atoms with Crippen LogP contribution in [0.3, 0.4) is 0 Å². The summed E-state index contributed by atoms with van der Waals surface area (Å²) in [6, 6.07) is 8.49. The minimum absolute atomic E-state index is 0.416. The number of hydrogen-bond acceptors (Lipinski definition) is 3. The molecule has 0 spiro atoms. The van der Waals surface area contributed by atoms with Gasteiger partial charge in [-0.3, -0.25) is 0 Å². The fourth-order valence-electron chi connectivity index (χ4n) is 2.88. The smallest absolute Gasteiger partial charge is 0.119 e. The highest BCUT2D eigenvalue weighted by Crippen LogP contribution is 2.25. The topological polar surface area (TPSA) is 32.7 Å². The monoisotopic (exact) mass is 277 g/mol. The van der Waals surface area contributed by atoms with E-state index in [1.807, 2.05) is 24.3 Å². The first-order valence-corrected chi connectivity index (χ1v) is 7.81. The zero-order valence-corrected chi connectivity index (χ0v) is 12.7. The maximum Gasteiger partial charge on any atom is 0.119 e. The molecule has 1 N–H and O–H groups in total. The summed E-state index contributed by atoms with van der Waals surface area (Å²) in [5.41, 5.74) is 0.971. The molecule has 1 atom stereocenters. The van der Waals surface area contributed by atoms with Crippen LogP contribution in [-0.4, -0.2) is 36.2 Å². The second-order valence-corrected chi connectivity index (χ2v) is 5.81. The van der Waals surface area contributed by atoms with E-state index in [2.05, 4.69) is 18.9 Å². The number of aliphatic hydroxyl groups excluding tert-OH is 1. The fraction of sp³-hybridized carbons (Fsp3) is 0.647. The molecule has 112 valence electrons. The average Bonchev–Trinajstić information content (AvgIpc) is 3.00. The van der Waals surface area contributed by atoms with E-state index in [0.29, 0.717) is 12.6 Å². The molecule has 0 aromatic heterocycles. The van der Waals surface area contributed by atoms with Crippen molar-refractivity contribution in [3.05, 3.63) is 29.8 Å². The zero-order valence-electron chi connectivity index (χ0n) is 12.7. The normalized spacial score (nSPS) is 17.6. The Hall–Kier alpha value is -1.06. The number of hydrogen-bond donors (Lipinski definition) is 1. The average molecular weight is 277 g/mol. The van der Waals surface area contributed by atoms with Crippen LogP contribution in [0.25, 0.3) is 0 Å². The van der Waals surface area contributed by atoms with E-state index in [4.69, 9.17) is 4.74 Å². The maximum atomic E-state index is 10.3. The molecular weight excluding hydrogens is 250 g/mol. The molecule has 0 amide bonds. The number of aliphatic hydroxyl groups is 1. The van der Waals surface area contributed by atoms with Crippen molar-refractivity contribution >= 4 is 0 Å². The summed E-state index contributed by atoms with van der Waals surface area (Å²) in [7, 11) is 2.12. The summed E-state index contributed by atoms with van der Waals surface area (Å²) in [5, 5.41) is 10.3.